The summed E-state index contributed by atoms with van der Waals surface area (Å²) in [5.74, 6) is 0.0165. The van der Waals surface area contributed by atoms with Crippen molar-refractivity contribution in [3.8, 4) is 0 Å². The van der Waals surface area contributed by atoms with Crippen LogP contribution in [0.4, 0.5) is 5.69 Å². The van der Waals surface area contributed by atoms with E-state index in [4.69, 9.17) is 0 Å². The molecule has 0 aliphatic carbocycles. The molecule has 1 amide bonds. The van der Waals surface area contributed by atoms with Gasteiger partial charge in [0.25, 0.3) is 0 Å². The Morgan fingerprint density at radius 2 is 2.24 bits per heavy atom. The van der Waals surface area contributed by atoms with Gasteiger partial charge in [0, 0.05) is 28.9 Å². The SMILES string of the molecule is O=C(CCn1ccnc1)Nc1ccccc1I. The van der Waals surface area contributed by atoms with Gasteiger partial charge in [-0.15, -0.1) is 0 Å². The van der Waals surface area contributed by atoms with Gasteiger partial charge in [0.1, 0.15) is 0 Å². The van der Waals surface area contributed by atoms with Crippen molar-refractivity contribution in [1.82, 2.24) is 9.55 Å². The fourth-order valence-electron chi connectivity index (χ4n) is 1.42. The molecular formula is C12H12IN3O. The van der Waals surface area contributed by atoms with Crippen LogP contribution in [0.25, 0.3) is 0 Å². The van der Waals surface area contributed by atoms with Crippen LogP contribution < -0.4 is 5.32 Å². The number of nitrogens with zero attached hydrogens (tertiary/aromatic N) is 2. The summed E-state index contributed by atoms with van der Waals surface area (Å²) in [6.07, 6.45) is 5.71. The monoisotopic (exact) mass is 341 g/mol. The standard InChI is InChI=1S/C12H12IN3O/c13-10-3-1-2-4-11(10)15-12(17)5-7-16-8-6-14-9-16/h1-4,6,8-9H,5,7H2,(H,15,17). The van der Waals surface area contributed by atoms with E-state index in [1.807, 2.05) is 35.0 Å². The number of amides is 1. The molecular weight excluding hydrogens is 329 g/mol. The molecule has 0 radical (unpaired) electrons. The van der Waals surface area contributed by atoms with Crippen LogP contribution in [0.5, 0.6) is 0 Å². The van der Waals surface area contributed by atoms with Crippen LogP contribution in [-0.4, -0.2) is 15.5 Å². The molecule has 0 unspecified atom stereocenters. The van der Waals surface area contributed by atoms with Crippen molar-refractivity contribution in [2.45, 2.75) is 13.0 Å². The minimum absolute atomic E-state index is 0.0165. The second-order valence-electron chi connectivity index (χ2n) is 3.58. The Balaban J connectivity index is 1.87. The van der Waals surface area contributed by atoms with E-state index in [-0.39, 0.29) is 5.91 Å². The van der Waals surface area contributed by atoms with Crippen molar-refractivity contribution in [3.05, 3.63) is 46.6 Å². The minimum Gasteiger partial charge on any atom is -0.337 e. The fraction of sp³-hybridized carbons (Fsp3) is 0.167. The van der Waals surface area contributed by atoms with Gasteiger partial charge >= 0.3 is 0 Å². The number of benzene rings is 1. The lowest BCUT2D eigenvalue weighted by Crippen LogP contribution is -2.14. The summed E-state index contributed by atoms with van der Waals surface area (Å²) < 4.78 is 2.93. The van der Waals surface area contributed by atoms with E-state index >= 15 is 0 Å². The maximum absolute atomic E-state index is 11.7. The topological polar surface area (TPSA) is 46.9 Å². The molecule has 0 fully saturated rings. The summed E-state index contributed by atoms with van der Waals surface area (Å²) in [5, 5.41) is 2.89. The third-order valence-electron chi connectivity index (χ3n) is 2.30. The fourth-order valence-corrected chi connectivity index (χ4v) is 1.95. The molecule has 0 aliphatic heterocycles. The number of rotatable bonds is 4. The van der Waals surface area contributed by atoms with Crippen LogP contribution in [0, 0.1) is 3.57 Å². The smallest absolute Gasteiger partial charge is 0.226 e. The molecule has 0 saturated heterocycles. The molecule has 4 nitrogen and oxygen atoms in total. The predicted molar refractivity (Wildman–Crippen MR) is 74.6 cm³/mol. The highest BCUT2D eigenvalue weighted by Crippen LogP contribution is 2.16. The predicted octanol–water partition coefficient (Wildman–Crippen LogP) is 2.52. The van der Waals surface area contributed by atoms with Gasteiger partial charge in [0.2, 0.25) is 5.91 Å². The summed E-state index contributed by atoms with van der Waals surface area (Å²) >= 11 is 2.20. The molecule has 0 bridgehead atoms. The number of aryl methyl sites for hydroxylation is 1. The Hall–Kier alpha value is -1.37. The number of imidazole rings is 1. The third-order valence-corrected chi connectivity index (χ3v) is 3.24. The lowest BCUT2D eigenvalue weighted by atomic mass is 10.3. The van der Waals surface area contributed by atoms with E-state index < -0.39 is 0 Å². The molecule has 2 rings (SSSR count). The normalized spacial score (nSPS) is 10.2. The van der Waals surface area contributed by atoms with Crippen molar-refractivity contribution in [2.24, 2.45) is 0 Å². The second kappa shape index (κ2) is 5.81. The first-order valence-electron chi connectivity index (χ1n) is 5.26. The van der Waals surface area contributed by atoms with Gasteiger partial charge in [-0.25, -0.2) is 4.98 Å². The van der Waals surface area contributed by atoms with Crippen LogP contribution >= 0.6 is 22.6 Å². The van der Waals surface area contributed by atoms with Gasteiger partial charge in [-0.05, 0) is 34.7 Å². The minimum atomic E-state index is 0.0165. The van der Waals surface area contributed by atoms with E-state index in [0.29, 0.717) is 13.0 Å². The molecule has 0 spiro atoms. The number of nitrogens with one attached hydrogen (secondary N) is 1. The molecule has 5 heteroatoms. The summed E-state index contributed by atoms with van der Waals surface area (Å²) in [5.41, 5.74) is 0.865. The molecule has 0 saturated carbocycles. The number of carbonyl (C=O) groups is 1. The summed E-state index contributed by atoms with van der Waals surface area (Å²) in [6, 6.07) is 7.72. The Morgan fingerprint density at radius 1 is 1.41 bits per heavy atom. The number of para-hydroxylation sites is 1. The number of hydrogen-bond donors (Lipinski definition) is 1. The molecule has 1 heterocycles. The number of hydrogen-bond acceptors (Lipinski definition) is 2. The molecule has 0 aliphatic rings. The van der Waals surface area contributed by atoms with Gasteiger partial charge < -0.3 is 9.88 Å². The molecule has 0 atom stereocenters. The highest BCUT2D eigenvalue weighted by atomic mass is 127. The zero-order valence-corrected chi connectivity index (χ0v) is 11.3. The zero-order chi connectivity index (χ0) is 12.1. The molecule has 1 N–H and O–H groups in total. The highest BCUT2D eigenvalue weighted by molar-refractivity contribution is 14.1. The number of halogens is 1. The summed E-state index contributed by atoms with van der Waals surface area (Å²) in [7, 11) is 0. The van der Waals surface area contributed by atoms with Gasteiger partial charge in [-0.1, -0.05) is 12.1 Å². The van der Waals surface area contributed by atoms with Gasteiger partial charge in [0.05, 0.1) is 12.0 Å². The molecule has 1 aromatic heterocycles. The van der Waals surface area contributed by atoms with E-state index in [9.17, 15) is 4.79 Å². The third kappa shape index (κ3) is 3.55. The van der Waals surface area contributed by atoms with Gasteiger partial charge in [-0.3, -0.25) is 4.79 Å². The van der Waals surface area contributed by atoms with Crippen LogP contribution in [0.1, 0.15) is 6.42 Å². The van der Waals surface area contributed by atoms with E-state index in [0.717, 1.165) is 9.26 Å². The largest absolute Gasteiger partial charge is 0.337 e. The number of carbonyl (C=O) groups excluding carboxylic acids is 1. The maximum atomic E-state index is 11.7. The molecule has 88 valence electrons. The highest BCUT2D eigenvalue weighted by Gasteiger charge is 2.04. The van der Waals surface area contributed by atoms with Crippen molar-refractivity contribution in [2.75, 3.05) is 5.32 Å². The first-order valence-corrected chi connectivity index (χ1v) is 6.34. The summed E-state index contributed by atoms with van der Waals surface area (Å²) in [6.45, 7) is 0.648. The quantitative estimate of drug-likeness (QED) is 0.869. The van der Waals surface area contributed by atoms with Crippen LogP contribution in [0.3, 0.4) is 0 Å². The van der Waals surface area contributed by atoms with Crippen molar-refractivity contribution in [3.63, 3.8) is 0 Å². The second-order valence-corrected chi connectivity index (χ2v) is 4.74. The molecule has 1 aromatic carbocycles. The zero-order valence-electron chi connectivity index (χ0n) is 9.14. The van der Waals surface area contributed by atoms with Crippen molar-refractivity contribution >= 4 is 34.2 Å². The molecule has 2 aromatic rings. The number of anilines is 1. The van der Waals surface area contributed by atoms with Crippen LogP contribution in [0.15, 0.2) is 43.0 Å². The first kappa shape index (κ1) is 12.1. The lowest BCUT2D eigenvalue weighted by Gasteiger charge is -2.07. The first-order chi connectivity index (χ1) is 8.25. The van der Waals surface area contributed by atoms with Gasteiger partial charge in [0.15, 0.2) is 0 Å². The van der Waals surface area contributed by atoms with Crippen LogP contribution in [0.2, 0.25) is 0 Å². The average molecular weight is 341 g/mol. The Kier molecular flexibility index (Phi) is 4.13. The van der Waals surface area contributed by atoms with Gasteiger partial charge in [-0.2, -0.15) is 0 Å². The molecule has 17 heavy (non-hydrogen) atoms. The van der Waals surface area contributed by atoms with E-state index in [2.05, 4.69) is 32.9 Å². The Morgan fingerprint density at radius 3 is 2.94 bits per heavy atom. The average Bonchev–Trinajstić information content (AvgIpc) is 2.82. The Bertz CT molecular complexity index is 496. The number of aromatic nitrogens is 2. The van der Waals surface area contributed by atoms with Crippen LogP contribution in [-0.2, 0) is 11.3 Å². The van der Waals surface area contributed by atoms with Crippen molar-refractivity contribution < 1.29 is 4.79 Å². The maximum Gasteiger partial charge on any atom is 0.226 e. The summed E-state index contributed by atoms with van der Waals surface area (Å²) in [4.78, 5) is 15.6. The Labute approximate surface area is 113 Å². The van der Waals surface area contributed by atoms with E-state index in [1.165, 1.54) is 0 Å². The van der Waals surface area contributed by atoms with E-state index in [1.54, 1.807) is 12.5 Å². The van der Waals surface area contributed by atoms with Crippen molar-refractivity contribution in [1.29, 1.82) is 0 Å². The lowest BCUT2D eigenvalue weighted by molar-refractivity contribution is -0.116.